The van der Waals surface area contributed by atoms with Crippen LogP contribution >= 0.6 is 11.6 Å². The zero-order valence-corrected chi connectivity index (χ0v) is 13.7. The lowest BCUT2D eigenvalue weighted by Crippen LogP contribution is -2.30. The molecule has 1 heterocycles. The summed E-state index contributed by atoms with van der Waals surface area (Å²) in [5.41, 5.74) is 2.19. The maximum Gasteiger partial charge on any atom is 0.262 e. The fourth-order valence-electron chi connectivity index (χ4n) is 3.00. The normalized spacial score (nSPS) is 15.4. The van der Waals surface area contributed by atoms with Crippen molar-refractivity contribution in [3.05, 3.63) is 33.2 Å². The lowest BCUT2D eigenvalue weighted by atomic mass is 9.95. The predicted molar refractivity (Wildman–Crippen MR) is 86.2 cm³/mol. The van der Waals surface area contributed by atoms with Gasteiger partial charge in [-0.25, -0.2) is 0 Å². The topological polar surface area (TPSA) is 39.1 Å². The van der Waals surface area contributed by atoms with Crippen molar-refractivity contribution in [3.63, 3.8) is 0 Å². The third-order valence-corrected chi connectivity index (χ3v) is 4.45. The molecule has 0 N–H and O–H groups in total. The van der Waals surface area contributed by atoms with E-state index in [9.17, 15) is 9.59 Å². The van der Waals surface area contributed by atoms with Gasteiger partial charge >= 0.3 is 0 Å². The molecule has 0 radical (unpaired) electrons. The first-order chi connectivity index (χ1) is 10.0. The summed E-state index contributed by atoms with van der Waals surface area (Å²) in [6.45, 7) is 4.97. The minimum absolute atomic E-state index is 0.139. The molecule has 0 aromatic carbocycles. The van der Waals surface area contributed by atoms with Gasteiger partial charge in [-0.2, -0.15) is 0 Å². The second-order valence-corrected chi connectivity index (χ2v) is 6.70. The second kappa shape index (κ2) is 7.26. The summed E-state index contributed by atoms with van der Waals surface area (Å²) >= 11 is 5.61. The van der Waals surface area contributed by atoms with Crippen molar-refractivity contribution in [1.82, 2.24) is 4.57 Å². The molecule has 4 heteroatoms. The molecule has 1 aliphatic rings. The number of fused-ring (bicyclic) bond motifs is 1. The molecular formula is C17H24ClNO2. The standard InChI is InChI=1S/C17H24ClNO2/c1-12(2)9-10-19-15-8-6-4-3-5-7-13(15)11-14(16(18)20)17(19)21/h11-12H,3-10H2,1-2H3. The third-order valence-electron chi connectivity index (χ3n) is 4.24. The first-order valence-electron chi connectivity index (χ1n) is 7.96. The Morgan fingerprint density at radius 1 is 1.24 bits per heavy atom. The van der Waals surface area contributed by atoms with Crippen LogP contribution in [0.4, 0.5) is 0 Å². The van der Waals surface area contributed by atoms with Crippen LogP contribution in [0.3, 0.4) is 0 Å². The molecule has 0 saturated carbocycles. The second-order valence-electron chi connectivity index (χ2n) is 6.36. The SMILES string of the molecule is CC(C)CCn1c2c(cc(C(=O)Cl)c1=O)CCCCCC2. The Morgan fingerprint density at radius 2 is 1.90 bits per heavy atom. The van der Waals surface area contributed by atoms with Crippen molar-refractivity contribution < 1.29 is 4.79 Å². The van der Waals surface area contributed by atoms with Gasteiger partial charge in [-0.05, 0) is 61.3 Å². The number of rotatable bonds is 4. The van der Waals surface area contributed by atoms with Gasteiger partial charge < -0.3 is 4.57 Å². The lowest BCUT2D eigenvalue weighted by Gasteiger charge is -2.21. The van der Waals surface area contributed by atoms with Crippen LogP contribution in [0.5, 0.6) is 0 Å². The molecule has 1 aromatic heterocycles. The Kier molecular flexibility index (Phi) is 5.63. The van der Waals surface area contributed by atoms with Crippen LogP contribution in [0.25, 0.3) is 0 Å². The van der Waals surface area contributed by atoms with Crippen molar-refractivity contribution >= 4 is 16.8 Å². The number of aryl methyl sites for hydroxylation is 1. The van der Waals surface area contributed by atoms with Crippen molar-refractivity contribution in [2.24, 2.45) is 5.92 Å². The third kappa shape index (κ3) is 3.97. The molecule has 0 aliphatic heterocycles. The van der Waals surface area contributed by atoms with Gasteiger partial charge in [0, 0.05) is 12.2 Å². The Hall–Kier alpha value is -1.09. The molecule has 0 amide bonds. The molecule has 116 valence electrons. The average Bonchev–Trinajstić information content (AvgIpc) is 2.38. The highest BCUT2D eigenvalue weighted by Crippen LogP contribution is 2.21. The van der Waals surface area contributed by atoms with E-state index in [4.69, 9.17) is 11.6 Å². The number of carbonyl (C=O) groups excluding carboxylic acids is 1. The molecule has 1 aromatic rings. The maximum absolute atomic E-state index is 12.6. The van der Waals surface area contributed by atoms with E-state index in [-0.39, 0.29) is 11.1 Å². The summed E-state index contributed by atoms with van der Waals surface area (Å²) in [6, 6.07) is 1.74. The fraction of sp³-hybridized carbons (Fsp3) is 0.647. The van der Waals surface area contributed by atoms with Gasteiger partial charge in [-0.15, -0.1) is 0 Å². The number of hydrogen-bond donors (Lipinski definition) is 0. The van der Waals surface area contributed by atoms with Gasteiger partial charge in [0.05, 0.1) is 5.56 Å². The zero-order valence-electron chi connectivity index (χ0n) is 13.0. The van der Waals surface area contributed by atoms with Crippen molar-refractivity contribution in [3.8, 4) is 0 Å². The van der Waals surface area contributed by atoms with Crippen molar-refractivity contribution in [2.45, 2.75) is 65.3 Å². The monoisotopic (exact) mass is 309 g/mol. The summed E-state index contributed by atoms with van der Waals surface area (Å²) in [7, 11) is 0. The maximum atomic E-state index is 12.6. The van der Waals surface area contributed by atoms with E-state index >= 15 is 0 Å². The summed E-state index contributed by atoms with van der Waals surface area (Å²) in [4.78, 5) is 24.1. The zero-order chi connectivity index (χ0) is 15.4. The lowest BCUT2D eigenvalue weighted by molar-refractivity contribution is 0.107. The van der Waals surface area contributed by atoms with Crippen LogP contribution in [0.1, 0.15) is 67.6 Å². The molecular weight excluding hydrogens is 286 g/mol. The highest BCUT2D eigenvalue weighted by Gasteiger charge is 2.19. The smallest absolute Gasteiger partial charge is 0.262 e. The van der Waals surface area contributed by atoms with E-state index in [2.05, 4.69) is 13.8 Å². The Bertz CT molecular complexity index is 575. The predicted octanol–water partition coefficient (Wildman–Crippen LogP) is 3.93. The quantitative estimate of drug-likeness (QED) is 0.790. The van der Waals surface area contributed by atoms with E-state index < -0.39 is 5.24 Å². The highest BCUT2D eigenvalue weighted by molar-refractivity contribution is 6.67. The van der Waals surface area contributed by atoms with Crippen LogP contribution in [0.15, 0.2) is 10.9 Å². The highest BCUT2D eigenvalue weighted by atomic mass is 35.5. The van der Waals surface area contributed by atoms with Crippen molar-refractivity contribution in [1.29, 1.82) is 0 Å². The van der Waals surface area contributed by atoms with E-state index in [0.717, 1.165) is 43.4 Å². The average molecular weight is 310 g/mol. The summed E-state index contributed by atoms with van der Waals surface area (Å²) in [6.07, 6.45) is 7.47. The molecule has 0 bridgehead atoms. The van der Waals surface area contributed by atoms with Gasteiger partial charge in [-0.1, -0.05) is 26.7 Å². The van der Waals surface area contributed by atoms with E-state index in [0.29, 0.717) is 12.5 Å². The van der Waals surface area contributed by atoms with E-state index in [1.807, 2.05) is 4.57 Å². The largest absolute Gasteiger partial charge is 0.312 e. The minimum Gasteiger partial charge on any atom is -0.312 e. The number of nitrogens with zero attached hydrogens (tertiary/aromatic N) is 1. The molecule has 0 atom stereocenters. The molecule has 3 nitrogen and oxygen atoms in total. The number of aromatic nitrogens is 1. The molecule has 21 heavy (non-hydrogen) atoms. The number of carbonyl (C=O) groups is 1. The Labute approximate surface area is 131 Å². The van der Waals surface area contributed by atoms with E-state index in [1.165, 1.54) is 12.8 Å². The molecule has 0 spiro atoms. The fourth-order valence-corrected chi connectivity index (χ4v) is 3.13. The van der Waals surface area contributed by atoms with Crippen LogP contribution in [-0.2, 0) is 19.4 Å². The Morgan fingerprint density at radius 3 is 2.52 bits per heavy atom. The van der Waals surface area contributed by atoms with Gasteiger partial charge in [0.15, 0.2) is 0 Å². The molecule has 1 aliphatic carbocycles. The first kappa shape index (κ1) is 16.3. The van der Waals surface area contributed by atoms with Gasteiger partial charge in [0.1, 0.15) is 0 Å². The summed E-state index contributed by atoms with van der Waals surface area (Å²) in [5.74, 6) is 0.525. The Balaban J connectivity index is 2.51. The molecule has 2 rings (SSSR count). The summed E-state index contributed by atoms with van der Waals surface area (Å²) in [5, 5.41) is -0.636. The molecule has 0 fully saturated rings. The number of pyridine rings is 1. The summed E-state index contributed by atoms with van der Waals surface area (Å²) < 4.78 is 1.82. The van der Waals surface area contributed by atoms with Crippen LogP contribution in [0.2, 0.25) is 0 Å². The van der Waals surface area contributed by atoms with Crippen LogP contribution in [-0.4, -0.2) is 9.81 Å². The van der Waals surface area contributed by atoms with Crippen LogP contribution < -0.4 is 5.56 Å². The van der Waals surface area contributed by atoms with Gasteiger partial charge in [-0.3, -0.25) is 9.59 Å². The number of hydrogen-bond acceptors (Lipinski definition) is 2. The molecule has 0 saturated heterocycles. The number of halogens is 1. The molecule has 0 unspecified atom stereocenters. The van der Waals surface area contributed by atoms with Crippen LogP contribution in [0, 0.1) is 5.92 Å². The van der Waals surface area contributed by atoms with Gasteiger partial charge in [0.2, 0.25) is 0 Å². The van der Waals surface area contributed by atoms with Crippen molar-refractivity contribution in [2.75, 3.05) is 0 Å². The minimum atomic E-state index is -0.636. The first-order valence-corrected chi connectivity index (χ1v) is 8.34. The van der Waals surface area contributed by atoms with Gasteiger partial charge in [0.25, 0.3) is 10.8 Å². The van der Waals surface area contributed by atoms with E-state index in [1.54, 1.807) is 6.07 Å².